The molecule has 160 valence electrons. The van der Waals surface area contributed by atoms with E-state index in [-0.39, 0.29) is 12.4 Å². The van der Waals surface area contributed by atoms with Gasteiger partial charge in [0, 0.05) is 24.7 Å². The predicted molar refractivity (Wildman–Crippen MR) is 125 cm³/mol. The summed E-state index contributed by atoms with van der Waals surface area (Å²) in [7, 11) is 2.17. The fourth-order valence-electron chi connectivity index (χ4n) is 5.35. The van der Waals surface area contributed by atoms with Crippen molar-refractivity contribution in [3.05, 3.63) is 59.2 Å². The van der Waals surface area contributed by atoms with E-state index >= 15 is 0 Å². The van der Waals surface area contributed by atoms with Crippen molar-refractivity contribution in [2.24, 2.45) is 0 Å². The topological polar surface area (TPSA) is 38.8 Å². The largest absolute Gasteiger partial charge is 0.493 e. The van der Waals surface area contributed by atoms with E-state index in [1.807, 2.05) is 6.92 Å². The van der Waals surface area contributed by atoms with E-state index in [0.717, 1.165) is 48.4 Å². The summed E-state index contributed by atoms with van der Waals surface area (Å²) >= 11 is 0. The Bertz CT molecular complexity index is 1170. The number of carbonyl (C=O) groups excluding carboxylic acids is 1. The van der Waals surface area contributed by atoms with E-state index in [1.165, 1.54) is 27.6 Å². The van der Waals surface area contributed by atoms with Crippen molar-refractivity contribution in [3.63, 3.8) is 0 Å². The molecule has 0 saturated carbocycles. The highest BCUT2D eigenvalue weighted by Gasteiger charge is 2.33. The van der Waals surface area contributed by atoms with Gasteiger partial charge in [-0.05, 0) is 72.2 Å². The first-order valence-electron chi connectivity index (χ1n) is 11.3. The lowest BCUT2D eigenvalue weighted by Crippen LogP contribution is -2.31. The number of esters is 1. The predicted octanol–water partition coefficient (Wildman–Crippen LogP) is 5.63. The second kappa shape index (κ2) is 7.92. The van der Waals surface area contributed by atoms with Crippen LogP contribution in [-0.4, -0.2) is 32.8 Å². The Morgan fingerprint density at radius 1 is 1.19 bits per heavy atom. The fraction of sp³-hybridized carbons (Fsp3) is 0.370. The van der Waals surface area contributed by atoms with Crippen molar-refractivity contribution < 1.29 is 14.3 Å². The highest BCUT2D eigenvalue weighted by atomic mass is 16.5. The number of anilines is 1. The van der Waals surface area contributed by atoms with Crippen molar-refractivity contribution >= 4 is 22.4 Å². The van der Waals surface area contributed by atoms with E-state index in [2.05, 4.69) is 61.3 Å². The van der Waals surface area contributed by atoms with Gasteiger partial charge in [-0.15, -0.1) is 0 Å². The lowest BCUT2D eigenvalue weighted by molar-refractivity contribution is -0.142. The third kappa shape index (κ3) is 3.34. The molecule has 4 nitrogen and oxygen atoms in total. The minimum atomic E-state index is -0.178. The van der Waals surface area contributed by atoms with Gasteiger partial charge in [0.2, 0.25) is 0 Å². The van der Waals surface area contributed by atoms with E-state index in [9.17, 15) is 4.79 Å². The summed E-state index contributed by atoms with van der Waals surface area (Å²) in [6, 6.07) is 15.0. The second-order valence-corrected chi connectivity index (χ2v) is 8.67. The minimum Gasteiger partial charge on any atom is -0.493 e. The zero-order valence-corrected chi connectivity index (χ0v) is 18.5. The number of carbonyl (C=O) groups is 1. The Morgan fingerprint density at radius 2 is 2.03 bits per heavy atom. The fourth-order valence-corrected chi connectivity index (χ4v) is 5.35. The molecule has 2 heterocycles. The quantitative estimate of drug-likeness (QED) is 0.518. The summed E-state index contributed by atoms with van der Waals surface area (Å²) in [5.41, 5.74) is 7.12. The van der Waals surface area contributed by atoms with E-state index < -0.39 is 0 Å². The molecule has 0 aliphatic carbocycles. The van der Waals surface area contributed by atoms with Crippen LogP contribution < -0.4 is 9.64 Å². The van der Waals surface area contributed by atoms with Gasteiger partial charge in [0.1, 0.15) is 5.75 Å². The molecule has 3 aromatic rings. The van der Waals surface area contributed by atoms with Crippen molar-refractivity contribution in [1.29, 1.82) is 0 Å². The molecule has 2 aliphatic heterocycles. The lowest BCUT2D eigenvalue weighted by atomic mass is 9.80. The van der Waals surface area contributed by atoms with Crippen LogP contribution in [0.15, 0.2) is 42.5 Å². The SMILES string of the molecule is CCOC(=O)Cc1c(C)cc2ccccc2c1-c1ccc2c3c1N(C)CCC3CCO2. The van der Waals surface area contributed by atoms with Crippen molar-refractivity contribution in [1.82, 2.24) is 0 Å². The van der Waals surface area contributed by atoms with Gasteiger partial charge in [-0.25, -0.2) is 0 Å². The number of rotatable bonds is 4. The van der Waals surface area contributed by atoms with Crippen LogP contribution in [0.3, 0.4) is 0 Å². The minimum absolute atomic E-state index is 0.178. The average Bonchev–Trinajstić information content (AvgIpc) is 2.77. The van der Waals surface area contributed by atoms with Crippen molar-refractivity contribution in [2.45, 2.75) is 39.0 Å². The molecule has 1 unspecified atom stereocenters. The van der Waals surface area contributed by atoms with Crippen LogP contribution in [0.1, 0.15) is 42.4 Å². The van der Waals surface area contributed by atoms with Gasteiger partial charge in [0.15, 0.2) is 0 Å². The van der Waals surface area contributed by atoms with E-state index in [4.69, 9.17) is 9.47 Å². The average molecular weight is 416 g/mol. The summed E-state index contributed by atoms with van der Waals surface area (Å²) in [6.07, 6.45) is 2.51. The van der Waals surface area contributed by atoms with Crippen LogP contribution in [0.4, 0.5) is 5.69 Å². The zero-order valence-electron chi connectivity index (χ0n) is 18.5. The molecular weight excluding hydrogens is 386 g/mol. The van der Waals surface area contributed by atoms with Crippen LogP contribution >= 0.6 is 0 Å². The smallest absolute Gasteiger partial charge is 0.310 e. The molecule has 0 aromatic heterocycles. The maximum absolute atomic E-state index is 12.5. The molecule has 1 atom stereocenters. The highest BCUT2D eigenvalue weighted by molar-refractivity contribution is 6.04. The molecule has 0 fully saturated rings. The molecule has 3 aromatic carbocycles. The summed E-state index contributed by atoms with van der Waals surface area (Å²) in [5, 5.41) is 2.37. The van der Waals surface area contributed by atoms with Gasteiger partial charge >= 0.3 is 5.97 Å². The van der Waals surface area contributed by atoms with Crippen LogP contribution in [-0.2, 0) is 16.0 Å². The Hall–Kier alpha value is -3.01. The molecule has 4 heteroatoms. The molecule has 2 aliphatic rings. The normalized spacial score (nSPS) is 17.3. The standard InChI is InChI=1S/C27H29NO3/c1-4-30-24(29)16-22-17(2)15-19-7-5-6-8-20(19)26(22)21-9-10-23-25-18(12-14-31-23)11-13-28(3)27(21)25/h5-10,15,18H,4,11-14,16H2,1-3H3. The molecule has 0 bridgehead atoms. The summed E-state index contributed by atoms with van der Waals surface area (Å²) in [4.78, 5) is 14.9. The Labute approximate surface area is 183 Å². The molecule has 0 amide bonds. The number of ether oxygens (including phenoxy) is 2. The van der Waals surface area contributed by atoms with Crippen molar-refractivity contribution in [2.75, 3.05) is 31.7 Å². The third-order valence-electron chi connectivity index (χ3n) is 6.78. The molecule has 0 radical (unpaired) electrons. The van der Waals surface area contributed by atoms with Gasteiger partial charge in [0.05, 0.1) is 25.3 Å². The van der Waals surface area contributed by atoms with E-state index in [0.29, 0.717) is 12.5 Å². The summed E-state index contributed by atoms with van der Waals surface area (Å²) in [5.74, 6) is 1.38. The number of benzene rings is 3. The van der Waals surface area contributed by atoms with Gasteiger partial charge in [-0.3, -0.25) is 4.79 Å². The highest BCUT2D eigenvalue weighted by Crippen LogP contribution is 2.51. The Morgan fingerprint density at radius 3 is 2.87 bits per heavy atom. The van der Waals surface area contributed by atoms with Gasteiger partial charge < -0.3 is 14.4 Å². The van der Waals surface area contributed by atoms with Crippen molar-refractivity contribution in [3.8, 4) is 16.9 Å². The van der Waals surface area contributed by atoms with Gasteiger partial charge in [-0.1, -0.05) is 30.3 Å². The number of hydrogen-bond donors (Lipinski definition) is 0. The first-order valence-corrected chi connectivity index (χ1v) is 11.3. The molecule has 31 heavy (non-hydrogen) atoms. The number of nitrogens with zero attached hydrogens (tertiary/aromatic N) is 1. The van der Waals surface area contributed by atoms with E-state index in [1.54, 1.807) is 0 Å². The summed E-state index contributed by atoms with van der Waals surface area (Å²) < 4.78 is 11.4. The zero-order chi connectivity index (χ0) is 21.5. The maximum atomic E-state index is 12.5. The van der Waals surface area contributed by atoms with Crippen LogP contribution in [0.2, 0.25) is 0 Å². The van der Waals surface area contributed by atoms with Crippen LogP contribution in [0, 0.1) is 6.92 Å². The number of hydrogen-bond acceptors (Lipinski definition) is 4. The molecule has 0 N–H and O–H groups in total. The monoisotopic (exact) mass is 415 g/mol. The first-order chi connectivity index (χ1) is 15.1. The van der Waals surface area contributed by atoms with Crippen LogP contribution in [0.25, 0.3) is 21.9 Å². The first kappa shape index (κ1) is 19.9. The lowest BCUT2D eigenvalue weighted by Gasteiger charge is -2.39. The molecular formula is C27H29NO3. The van der Waals surface area contributed by atoms with Gasteiger partial charge in [-0.2, -0.15) is 0 Å². The number of aryl methyl sites for hydroxylation is 1. The Balaban J connectivity index is 1.81. The maximum Gasteiger partial charge on any atom is 0.310 e. The van der Waals surface area contributed by atoms with Crippen LogP contribution in [0.5, 0.6) is 5.75 Å². The summed E-state index contributed by atoms with van der Waals surface area (Å²) in [6.45, 7) is 6.18. The number of fused-ring (bicyclic) bond motifs is 1. The Kier molecular flexibility index (Phi) is 5.09. The van der Waals surface area contributed by atoms with Gasteiger partial charge in [0.25, 0.3) is 0 Å². The second-order valence-electron chi connectivity index (χ2n) is 8.67. The molecule has 5 rings (SSSR count). The molecule has 0 saturated heterocycles. The third-order valence-corrected chi connectivity index (χ3v) is 6.78. The molecule has 0 spiro atoms.